The van der Waals surface area contributed by atoms with E-state index in [0.717, 1.165) is 11.1 Å². The Kier molecular flexibility index (Phi) is 7.26. The fourth-order valence-corrected chi connectivity index (χ4v) is 3.06. The standard InChI is InChI=1S/C21H25NO6/c1-13-7-5-6-8-15(13)16(12-20(24)25)22-19(23)11-14-9-17(26-2)21(28-4)18(10-14)27-3/h5-10,16H,11-12H2,1-4H3,(H,22,23)(H,24,25). The molecule has 150 valence electrons. The van der Waals surface area contributed by atoms with Gasteiger partial charge in [0, 0.05) is 0 Å². The number of methoxy groups -OCH3 is 3. The Morgan fingerprint density at radius 1 is 1.04 bits per heavy atom. The van der Waals surface area contributed by atoms with Gasteiger partial charge in [-0.1, -0.05) is 24.3 Å². The molecule has 0 aliphatic carbocycles. The highest BCUT2D eigenvalue weighted by Gasteiger charge is 2.21. The van der Waals surface area contributed by atoms with Gasteiger partial charge < -0.3 is 24.6 Å². The molecule has 0 fully saturated rings. The summed E-state index contributed by atoms with van der Waals surface area (Å²) >= 11 is 0. The quantitative estimate of drug-likeness (QED) is 0.687. The summed E-state index contributed by atoms with van der Waals surface area (Å²) in [4.78, 5) is 23.9. The number of aliphatic carboxylic acids is 1. The van der Waals surface area contributed by atoms with Crippen molar-refractivity contribution in [1.82, 2.24) is 5.32 Å². The van der Waals surface area contributed by atoms with Crippen LogP contribution in [0.5, 0.6) is 17.2 Å². The van der Waals surface area contributed by atoms with Gasteiger partial charge in [0.25, 0.3) is 0 Å². The normalized spacial score (nSPS) is 11.4. The summed E-state index contributed by atoms with van der Waals surface area (Å²) in [6, 6.07) is 10.2. The Hall–Kier alpha value is -3.22. The summed E-state index contributed by atoms with van der Waals surface area (Å²) in [5.74, 6) is 0.0548. The van der Waals surface area contributed by atoms with Crippen LogP contribution < -0.4 is 19.5 Å². The van der Waals surface area contributed by atoms with E-state index in [1.807, 2.05) is 31.2 Å². The summed E-state index contributed by atoms with van der Waals surface area (Å²) < 4.78 is 15.9. The molecule has 0 aliphatic rings. The number of benzene rings is 2. The zero-order valence-corrected chi connectivity index (χ0v) is 16.4. The second kappa shape index (κ2) is 9.64. The maximum Gasteiger partial charge on any atom is 0.305 e. The van der Waals surface area contributed by atoms with E-state index in [2.05, 4.69) is 5.32 Å². The maximum absolute atomic E-state index is 12.6. The summed E-state index contributed by atoms with van der Waals surface area (Å²) in [6.45, 7) is 1.88. The molecule has 1 unspecified atom stereocenters. The number of ether oxygens (including phenoxy) is 3. The zero-order valence-electron chi connectivity index (χ0n) is 16.4. The monoisotopic (exact) mass is 387 g/mol. The van der Waals surface area contributed by atoms with Crippen molar-refractivity contribution >= 4 is 11.9 Å². The van der Waals surface area contributed by atoms with Gasteiger partial charge in [0.2, 0.25) is 11.7 Å². The SMILES string of the molecule is COc1cc(CC(=O)NC(CC(=O)O)c2ccccc2C)cc(OC)c1OC. The van der Waals surface area contributed by atoms with Crippen molar-refractivity contribution in [1.29, 1.82) is 0 Å². The van der Waals surface area contributed by atoms with Crippen LogP contribution in [0.1, 0.15) is 29.2 Å². The van der Waals surface area contributed by atoms with Crippen LogP contribution >= 0.6 is 0 Å². The van der Waals surface area contributed by atoms with Crippen molar-refractivity contribution in [2.45, 2.75) is 25.8 Å². The molecule has 0 radical (unpaired) electrons. The van der Waals surface area contributed by atoms with Gasteiger partial charge in [0.15, 0.2) is 11.5 Å². The lowest BCUT2D eigenvalue weighted by Crippen LogP contribution is -2.31. The number of hydrogen-bond donors (Lipinski definition) is 2. The second-order valence-corrected chi connectivity index (χ2v) is 6.28. The van der Waals surface area contributed by atoms with Crippen molar-refractivity contribution in [3.63, 3.8) is 0 Å². The highest BCUT2D eigenvalue weighted by Crippen LogP contribution is 2.38. The Morgan fingerprint density at radius 2 is 1.64 bits per heavy atom. The van der Waals surface area contributed by atoms with Gasteiger partial charge in [-0.2, -0.15) is 0 Å². The molecule has 0 saturated carbocycles. The summed E-state index contributed by atoms with van der Waals surface area (Å²) in [5, 5.41) is 12.1. The molecule has 0 heterocycles. The van der Waals surface area contributed by atoms with E-state index < -0.39 is 12.0 Å². The number of carboxylic acid groups (broad SMARTS) is 1. The van der Waals surface area contributed by atoms with Gasteiger partial charge in [0.1, 0.15) is 0 Å². The first kappa shape index (κ1) is 21.1. The van der Waals surface area contributed by atoms with Gasteiger partial charge in [-0.15, -0.1) is 0 Å². The Morgan fingerprint density at radius 3 is 2.14 bits per heavy atom. The Balaban J connectivity index is 2.23. The van der Waals surface area contributed by atoms with E-state index in [1.54, 1.807) is 12.1 Å². The molecule has 2 N–H and O–H groups in total. The third-order valence-electron chi connectivity index (χ3n) is 4.37. The van der Waals surface area contributed by atoms with E-state index >= 15 is 0 Å². The van der Waals surface area contributed by atoms with Gasteiger partial charge in [-0.05, 0) is 35.7 Å². The number of hydrogen-bond acceptors (Lipinski definition) is 5. The third-order valence-corrected chi connectivity index (χ3v) is 4.37. The molecule has 7 heteroatoms. The summed E-state index contributed by atoms with van der Waals surface area (Å²) in [5.41, 5.74) is 2.36. The molecule has 0 bridgehead atoms. The van der Waals surface area contributed by atoms with E-state index in [-0.39, 0.29) is 18.7 Å². The third kappa shape index (κ3) is 5.16. The molecular weight excluding hydrogens is 362 g/mol. The molecule has 2 aromatic carbocycles. The van der Waals surface area contributed by atoms with Crippen LogP contribution in [0, 0.1) is 6.92 Å². The number of carboxylic acids is 1. The van der Waals surface area contributed by atoms with Crippen molar-refractivity contribution < 1.29 is 28.9 Å². The lowest BCUT2D eigenvalue weighted by Gasteiger charge is -2.20. The van der Waals surface area contributed by atoms with Crippen molar-refractivity contribution in [2.75, 3.05) is 21.3 Å². The fraction of sp³-hybridized carbons (Fsp3) is 0.333. The summed E-state index contributed by atoms with van der Waals surface area (Å²) in [7, 11) is 4.51. The molecule has 2 rings (SSSR count). The van der Waals surface area contributed by atoms with Gasteiger partial charge in [0.05, 0.1) is 40.2 Å². The highest BCUT2D eigenvalue weighted by atomic mass is 16.5. The largest absolute Gasteiger partial charge is 0.493 e. The fourth-order valence-electron chi connectivity index (χ4n) is 3.06. The van der Waals surface area contributed by atoms with Crippen molar-refractivity contribution in [2.24, 2.45) is 0 Å². The predicted octanol–water partition coefficient (Wildman–Crippen LogP) is 2.90. The molecule has 0 aliphatic heterocycles. The lowest BCUT2D eigenvalue weighted by atomic mass is 9.98. The van der Waals surface area contributed by atoms with Crippen LogP contribution in [0.25, 0.3) is 0 Å². The molecule has 0 saturated heterocycles. The molecule has 28 heavy (non-hydrogen) atoms. The molecule has 1 amide bonds. The predicted molar refractivity (Wildman–Crippen MR) is 104 cm³/mol. The van der Waals surface area contributed by atoms with E-state index in [9.17, 15) is 14.7 Å². The number of carbonyl (C=O) groups excluding carboxylic acids is 1. The van der Waals surface area contributed by atoms with E-state index in [0.29, 0.717) is 22.8 Å². The Bertz CT molecular complexity index is 824. The minimum Gasteiger partial charge on any atom is -0.493 e. The average molecular weight is 387 g/mol. The zero-order chi connectivity index (χ0) is 20.7. The number of carbonyl (C=O) groups is 2. The first-order chi connectivity index (χ1) is 13.4. The first-order valence-electron chi connectivity index (χ1n) is 8.75. The average Bonchev–Trinajstić information content (AvgIpc) is 2.66. The number of nitrogens with one attached hydrogen (secondary N) is 1. The van der Waals surface area contributed by atoms with Crippen LogP contribution in [0.3, 0.4) is 0 Å². The maximum atomic E-state index is 12.6. The topological polar surface area (TPSA) is 94.1 Å². The van der Waals surface area contributed by atoms with Crippen molar-refractivity contribution in [3.8, 4) is 17.2 Å². The van der Waals surface area contributed by atoms with Crippen LogP contribution in [-0.4, -0.2) is 38.3 Å². The van der Waals surface area contributed by atoms with Crippen LogP contribution in [0.2, 0.25) is 0 Å². The van der Waals surface area contributed by atoms with E-state index in [1.165, 1.54) is 21.3 Å². The van der Waals surface area contributed by atoms with Gasteiger partial charge in [-0.3, -0.25) is 9.59 Å². The van der Waals surface area contributed by atoms with Gasteiger partial charge in [-0.25, -0.2) is 0 Å². The summed E-state index contributed by atoms with van der Waals surface area (Å²) in [6.07, 6.45) is -0.162. The van der Waals surface area contributed by atoms with Crippen LogP contribution in [0.4, 0.5) is 0 Å². The Labute approximate surface area is 164 Å². The number of aryl methyl sites for hydroxylation is 1. The van der Waals surface area contributed by atoms with Crippen LogP contribution in [0.15, 0.2) is 36.4 Å². The molecule has 2 aromatic rings. The minimum absolute atomic E-state index is 0.0404. The van der Waals surface area contributed by atoms with Crippen LogP contribution in [-0.2, 0) is 16.0 Å². The van der Waals surface area contributed by atoms with Gasteiger partial charge >= 0.3 is 5.97 Å². The number of rotatable bonds is 9. The molecule has 1 atom stereocenters. The second-order valence-electron chi connectivity index (χ2n) is 6.28. The molecule has 7 nitrogen and oxygen atoms in total. The molecular formula is C21H25NO6. The highest BCUT2D eigenvalue weighted by molar-refractivity contribution is 5.80. The molecule has 0 spiro atoms. The smallest absolute Gasteiger partial charge is 0.305 e. The van der Waals surface area contributed by atoms with Crippen molar-refractivity contribution in [3.05, 3.63) is 53.1 Å². The lowest BCUT2D eigenvalue weighted by molar-refractivity contribution is -0.137. The minimum atomic E-state index is -0.985. The number of amides is 1. The van der Waals surface area contributed by atoms with E-state index in [4.69, 9.17) is 14.2 Å². The molecule has 0 aromatic heterocycles. The first-order valence-corrected chi connectivity index (χ1v) is 8.75.